The van der Waals surface area contributed by atoms with Crippen LogP contribution >= 0.6 is 12.4 Å². The Bertz CT molecular complexity index is 776. The largest absolute Gasteiger partial charge is 0.484 e. The zero-order chi connectivity index (χ0) is 18.6. The predicted molar refractivity (Wildman–Crippen MR) is 107 cm³/mol. The maximum absolute atomic E-state index is 12.4. The second kappa shape index (κ2) is 9.02. The summed E-state index contributed by atoms with van der Waals surface area (Å²) in [6.45, 7) is 2.32. The van der Waals surface area contributed by atoms with Crippen molar-refractivity contribution in [2.45, 2.75) is 25.3 Å². The number of rotatable bonds is 8. The van der Waals surface area contributed by atoms with Crippen LogP contribution in [0.4, 0.5) is 0 Å². The van der Waals surface area contributed by atoms with Crippen molar-refractivity contribution < 1.29 is 14.3 Å². The Morgan fingerprint density at radius 2 is 1.67 bits per heavy atom. The molecule has 3 rings (SSSR count). The first-order valence-electron chi connectivity index (χ1n) is 8.85. The molecule has 1 aliphatic carbocycles. The van der Waals surface area contributed by atoms with Crippen molar-refractivity contribution in [1.29, 1.82) is 0 Å². The van der Waals surface area contributed by atoms with E-state index in [0.29, 0.717) is 29.3 Å². The topological polar surface area (TPSA) is 81.4 Å². The number of nitrogens with one attached hydrogen (secondary N) is 1. The molecule has 0 saturated heterocycles. The fourth-order valence-corrected chi connectivity index (χ4v) is 3.00. The highest BCUT2D eigenvalue weighted by Crippen LogP contribution is 2.38. The van der Waals surface area contributed by atoms with E-state index in [4.69, 9.17) is 10.5 Å². The van der Waals surface area contributed by atoms with E-state index >= 15 is 0 Å². The second-order valence-corrected chi connectivity index (χ2v) is 6.95. The molecule has 1 saturated carbocycles. The highest BCUT2D eigenvalue weighted by molar-refractivity contribution is 6.08. The number of amides is 1. The number of hydrogen-bond acceptors (Lipinski definition) is 4. The van der Waals surface area contributed by atoms with Gasteiger partial charge < -0.3 is 15.8 Å². The molecular weight excluding hydrogens is 364 g/mol. The third-order valence-corrected chi connectivity index (χ3v) is 4.85. The number of ether oxygens (including phenoxy) is 1. The highest BCUT2D eigenvalue weighted by Gasteiger charge is 2.41. The van der Waals surface area contributed by atoms with Crippen LogP contribution in [0, 0.1) is 5.92 Å². The fraction of sp³-hybridized carbons (Fsp3) is 0.333. The molecule has 2 aromatic rings. The van der Waals surface area contributed by atoms with E-state index in [0.717, 1.165) is 12.8 Å². The van der Waals surface area contributed by atoms with Gasteiger partial charge in [-0.25, -0.2) is 0 Å². The summed E-state index contributed by atoms with van der Waals surface area (Å²) in [5.74, 6) is 0.776. The lowest BCUT2D eigenvalue weighted by molar-refractivity contribution is -0.125. The van der Waals surface area contributed by atoms with Crippen LogP contribution in [0.1, 0.15) is 35.7 Å². The van der Waals surface area contributed by atoms with Crippen molar-refractivity contribution in [3.8, 4) is 5.75 Å². The SMILES string of the molecule is CC(CN)(NC(=O)COc1ccc(C(=O)c2ccccc2)cc1)C1CC1.Cl. The minimum atomic E-state index is -0.355. The van der Waals surface area contributed by atoms with Gasteiger partial charge in [0.2, 0.25) is 0 Å². The lowest BCUT2D eigenvalue weighted by Gasteiger charge is -2.29. The monoisotopic (exact) mass is 388 g/mol. The van der Waals surface area contributed by atoms with Crippen LogP contribution in [0.3, 0.4) is 0 Å². The Labute approximate surface area is 165 Å². The number of carbonyl (C=O) groups excluding carboxylic acids is 2. The number of carbonyl (C=O) groups is 2. The van der Waals surface area contributed by atoms with Gasteiger partial charge in [-0.3, -0.25) is 9.59 Å². The van der Waals surface area contributed by atoms with Crippen LogP contribution in [0.5, 0.6) is 5.75 Å². The average Bonchev–Trinajstić information content (AvgIpc) is 3.53. The van der Waals surface area contributed by atoms with Gasteiger partial charge in [0.15, 0.2) is 12.4 Å². The molecule has 1 amide bonds. The first-order valence-corrected chi connectivity index (χ1v) is 8.85. The minimum Gasteiger partial charge on any atom is -0.484 e. The van der Waals surface area contributed by atoms with E-state index in [1.165, 1.54) is 0 Å². The molecule has 2 aromatic carbocycles. The van der Waals surface area contributed by atoms with E-state index in [1.54, 1.807) is 36.4 Å². The molecule has 0 aliphatic heterocycles. The summed E-state index contributed by atoms with van der Waals surface area (Å²) in [5.41, 5.74) is 6.68. The van der Waals surface area contributed by atoms with Crippen molar-refractivity contribution >= 4 is 24.1 Å². The summed E-state index contributed by atoms with van der Waals surface area (Å²) in [6, 6.07) is 15.9. The summed E-state index contributed by atoms with van der Waals surface area (Å²) >= 11 is 0. The van der Waals surface area contributed by atoms with Crippen molar-refractivity contribution in [2.24, 2.45) is 11.7 Å². The van der Waals surface area contributed by atoms with E-state index in [-0.39, 0.29) is 36.2 Å². The Morgan fingerprint density at radius 3 is 2.22 bits per heavy atom. The summed E-state index contributed by atoms with van der Waals surface area (Å²) in [5, 5.41) is 2.98. The van der Waals surface area contributed by atoms with Crippen molar-refractivity contribution in [1.82, 2.24) is 5.32 Å². The molecule has 5 nitrogen and oxygen atoms in total. The van der Waals surface area contributed by atoms with Gasteiger partial charge in [0.05, 0.1) is 5.54 Å². The van der Waals surface area contributed by atoms with Crippen LogP contribution in [0.2, 0.25) is 0 Å². The Kier molecular flexibility index (Phi) is 6.99. The predicted octanol–water partition coefficient (Wildman–Crippen LogP) is 2.96. The van der Waals surface area contributed by atoms with Crippen molar-refractivity contribution in [3.63, 3.8) is 0 Å². The quantitative estimate of drug-likeness (QED) is 0.681. The molecule has 0 spiro atoms. The van der Waals surface area contributed by atoms with E-state index in [9.17, 15) is 9.59 Å². The standard InChI is InChI=1S/C21H24N2O3.ClH/c1-21(14-22,17-9-10-17)23-19(24)13-26-18-11-7-16(8-12-18)20(25)15-5-3-2-4-6-15;/h2-8,11-12,17H,9-10,13-14,22H2,1H3,(H,23,24);1H. The van der Waals surface area contributed by atoms with Gasteiger partial charge in [0.25, 0.3) is 5.91 Å². The molecule has 27 heavy (non-hydrogen) atoms. The normalized spacial score (nSPS) is 15.2. The third-order valence-electron chi connectivity index (χ3n) is 4.85. The molecule has 0 aromatic heterocycles. The number of benzene rings is 2. The molecular formula is C21H25ClN2O3. The maximum atomic E-state index is 12.4. The van der Waals surface area contributed by atoms with Crippen LogP contribution in [-0.2, 0) is 4.79 Å². The van der Waals surface area contributed by atoms with Gasteiger partial charge in [-0.05, 0) is 49.9 Å². The summed E-state index contributed by atoms with van der Waals surface area (Å²) in [6.07, 6.45) is 2.21. The average molecular weight is 389 g/mol. The molecule has 1 fully saturated rings. The van der Waals surface area contributed by atoms with Gasteiger partial charge in [-0.15, -0.1) is 12.4 Å². The molecule has 3 N–H and O–H groups in total. The summed E-state index contributed by atoms with van der Waals surface area (Å²) in [4.78, 5) is 24.5. The number of hydrogen-bond donors (Lipinski definition) is 2. The first-order chi connectivity index (χ1) is 12.5. The zero-order valence-corrected chi connectivity index (χ0v) is 16.1. The lowest BCUT2D eigenvalue weighted by Crippen LogP contribution is -2.54. The van der Waals surface area contributed by atoms with Crippen LogP contribution in [0.15, 0.2) is 54.6 Å². The maximum Gasteiger partial charge on any atom is 0.258 e. The van der Waals surface area contributed by atoms with Gasteiger partial charge in [-0.1, -0.05) is 30.3 Å². The zero-order valence-electron chi connectivity index (χ0n) is 15.3. The Balaban J connectivity index is 0.00000261. The van der Waals surface area contributed by atoms with Gasteiger partial charge in [0.1, 0.15) is 5.75 Å². The van der Waals surface area contributed by atoms with Crippen LogP contribution in [0.25, 0.3) is 0 Å². The Morgan fingerprint density at radius 1 is 1.07 bits per heavy atom. The van der Waals surface area contributed by atoms with Crippen molar-refractivity contribution in [3.05, 3.63) is 65.7 Å². The summed E-state index contributed by atoms with van der Waals surface area (Å²) in [7, 11) is 0. The molecule has 0 heterocycles. The molecule has 144 valence electrons. The van der Waals surface area contributed by atoms with Crippen LogP contribution < -0.4 is 15.8 Å². The van der Waals surface area contributed by atoms with Gasteiger partial charge >= 0.3 is 0 Å². The highest BCUT2D eigenvalue weighted by atomic mass is 35.5. The number of ketones is 1. The molecule has 1 unspecified atom stereocenters. The van der Waals surface area contributed by atoms with E-state index < -0.39 is 0 Å². The Hall–Kier alpha value is -2.37. The van der Waals surface area contributed by atoms with Gasteiger partial charge in [-0.2, -0.15) is 0 Å². The fourth-order valence-electron chi connectivity index (χ4n) is 3.00. The van der Waals surface area contributed by atoms with Crippen molar-refractivity contribution in [2.75, 3.05) is 13.2 Å². The molecule has 1 atom stereocenters. The molecule has 6 heteroatoms. The molecule has 1 aliphatic rings. The van der Waals surface area contributed by atoms with Crippen LogP contribution in [-0.4, -0.2) is 30.4 Å². The number of nitrogens with two attached hydrogens (primary N) is 1. The smallest absolute Gasteiger partial charge is 0.258 e. The third kappa shape index (κ3) is 5.31. The second-order valence-electron chi connectivity index (χ2n) is 6.95. The van der Waals surface area contributed by atoms with Gasteiger partial charge in [0, 0.05) is 17.7 Å². The van der Waals surface area contributed by atoms with E-state index in [2.05, 4.69) is 5.32 Å². The first kappa shape index (κ1) is 20.9. The van der Waals surface area contributed by atoms with E-state index in [1.807, 2.05) is 25.1 Å². The molecule has 0 bridgehead atoms. The molecule has 0 radical (unpaired) electrons. The number of halogens is 1. The minimum absolute atomic E-state index is 0. The summed E-state index contributed by atoms with van der Waals surface area (Å²) < 4.78 is 5.53. The lowest BCUT2D eigenvalue weighted by atomic mass is 9.96.